The molecule has 0 bridgehead atoms. The second-order valence-corrected chi connectivity index (χ2v) is 7.90. The first kappa shape index (κ1) is 24.5. The Balaban J connectivity index is 1.45. The van der Waals surface area contributed by atoms with E-state index in [0.29, 0.717) is 28.8 Å². The number of methoxy groups -OCH3 is 1. The average molecular weight is 493 g/mol. The lowest BCUT2D eigenvalue weighted by Gasteiger charge is -2.12. The first-order valence-electron chi connectivity index (χ1n) is 10.8. The Morgan fingerprint density at radius 2 is 1.69 bits per heavy atom. The number of rotatable bonds is 6. The molecule has 1 heterocycles. The van der Waals surface area contributed by atoms with Crippen molar-refractivity contribution < 1.29 is 22.7 Å². The highest BCUT2D eigenvalue weighted by Crippen LogP contribution is 2.26. The molecule has 0 radical (unpaired) electrons. The summed E-state index contributed by atoms with van der Waals surface area (Å²) in [6.07, 6.45) is 2.74. The van der Waals surface area contributed by atoms with E-state index >= 15 is 0 Å². The molecule has 2 N–H and O–H groups in total. The number of carbonyl (C=O) groups excluding carboxylic acids is 1. The highest BCUT2D eigenvalue weighted by Gasteiger charge is 2.13. The number of benzene rings is 3. The van der Waals surface area contributed by atoms with Crippen LogP contribution in [0.15, 0.2) is 54.6 Å². The largest absolute Gasteiger partial charge is 0.495 e. The number of nitrogens with one attached hydrogen (secondary N) is 2. The maximum Gasteiger partial charge on any atom is 0.323 e. The molecule has 184 valence electrons. The molecule has 10 heteroatoms. The zero-order valence-electron chi connectivity index (χ0n) is 19.6. The SMILES string of the molecule is COc1ccc(C)cc1NC(=O)Nc1ccc(-c2nnc(/C=C/c3ccc(F)c(F)c3F)n2C)cc1. The van der Waals surface area contributed by atoms with Crippen LogP contribution in [0.5, 0.6) is 5.75 Å². The van der Waals surface area contributed by atoms with Crippen molar-refractivity contribution in [1.82, 2.24) is 14.8 Å². The Hall–Kier alpha value is -4.60. The molecule has 7 nitrogen and oxygen atoms in total. The normalized spacial score (nSPS) is 11.1. The molecule has 0 spiro atoms. The lowest BCUT2D eigenvalue weighted by atomic mass is 10.2. The fraction of sp³-hybridized carbons (Fsp3) is 0.115. The second-order valence-electron chi connectivity index (χ2n) is 7.90. The summed E-state index contributed by atoms with van der Waals surface area (Å²) in [5, 5.41) is 13.7. The lowest BCUT2D eigenvalue weighted by molar-refractivity contribution is 0.262. The second kappa shape index (κ2) is 10.3. The third kappa shape index (κ3) is 5.22. The van der Waals surface area contributed by atoms with Gasteiger partial charge in [0.15, 0.2) is 29.1 Å². The first-order valence-corrected chi connectivity index (χ1v) is 10.8. The van der Waals surface area contributed by atoms with E-state index in [0.717, 1.165) is 23.3 Å². The smallest absolute Gasteiger partial charge is 0.323 e. The number of aryl methyl sites for hydroxylation is 1. The zero-order chi connectivity index (χ0) is 25.8. The Morgan fingerprint density at radius 3 is 2.42 bits per heavy atom. The summed E-state index contributed by atoms with van der Waals surface area (Å²) in [5.41, 5.74) is 2.68. The number of hydrogen-bond donors (Lipinski definition) is 2. The van der Waals surface area contributed by atoms with Crippen molar-refractivity contribution in [2.45, 2.75) is 6.92 Å². The fourth-order valence-corrected chi connectivity index (χ4v) is 3.48. The van der Waals surface area contributed by atoms with Gasteiger partial charge in [0.05, 0.1) is 12.8 Å². The predicted octanol–water partition coefficient (Wildman–Crippen LogP) is 6.03. The Labute approximate surface area is 205 Å². The predicted molar refractivity (Wildman–Crippen MR) is 132 cm³/mol. The van der Waals surface area contributed by atoms with Gasteiger partial charge in [-0.2, -0.15) is 0 Å². The van der Waals surface area contributed by atoms with Gasteiger partial charge in [-0.25, -0.2) is 18.0 Å². The van der Waals surface area contributed by atoms with Crippen LogP contribution in [-0.2, 0) is 7.05 Å². The Bertz CT molecular complexity index is 1450. The van der Waals surface area contributed by atoms with Gasteiger partial charge in [-0.05, 0) is 73.2 Å². The number of hydrogen-bond acceptors (Lipinski definition) is 4. The van der Waals surface area contributed by atoms with Gasteiger partial charge in [0.2, 0.25) is 0 Å². The molecule has 0 saturated carbocycles. The van der Waals surface area contributed by atoms with Crippen molar-refractivity contribution in [3.8, 4) is 17.1 Å². The van der Waals surface area contributed by atoms with Gasteiger partial charge in [-0.15, -0.1) is 10.2 Å². The van der Waals surface area contributed by atoms with Crippen molar-refractivity contribution in [3.05, 3.63) is 89.0 Å². The van der Waals surface area contributed by atoms with Crippen LogP contribution < -0.4 is 15.4 Å². The quantitative estimate of drug-likeness (QED) is 0.322. The van der Waals surface area contributed by atoms with Gasteiger partial charge >= 0.3 is 6.03 Å². The van der Waals surface area contributed by atoms with E-state index in [4.69, 9.17) is 4.74 Å². The van der Waals surface area contributed by atoms with Crippen LogP contribution >= 0.6 is 0 Å². The van der Waals surface area contributed by atoms with Crippen molar-refractivity contribution in [2.75, 3.05) is 17.7 Å². The van der Waals surface area contributed by atoms with Crippen LogP contribution in [0.2, 0.25) is 0 Å². The van der Waals surface area contributed by atoms with Gasteiger partial charge < -0.3 is 19.9 Å². The summed E-state index contributed by atoms with van der Waals surface area (Å²) in [6.45, 7) is 1.91. The molecule has 0 saturated heterocycles. The van der Waals surface area contributed by atoms with E-state index in [-0.39, 0.29) is 5.56 Å². The van der Waals surface area contributed by atoms with Gasteiger partial charge in [0.1, 0.15) is 5.75 Å². The third-order valence-electron chi connectivity index (χ3n) is 5.39. The number of amides is 2. The summed E-state index contributed by atoms with van der Waals surface area (Å²) in [4.78, 5) is 12.4. The maximum absolute atomic E-state index is 13.9. The van der Waals surface area contributed by atoms with E-state index in [1.54, 1.807) is 41.9 Å². The molecule has 3 aromatic carbocycles. The molecule has 0 aliphatic carbocycles. The molecule has 4 aromatic rings. The first-order chi connectivity index (χ1) is 17.3. The number of urea groups is 1. The molecule has 0 aliphatic heterocycles. The minimum atomic E-state index is -1.53. The summed E-state index contributed by atoms with van der Waals surface area (Å²) in [5.74, 6) is -2.62. The minimum Gasteiger partial charge on any atom is -0.495 e. The molecular formula is C26H22F3N5O2. The van der Waals surface area contributed by atoms with Crippen molar-refractivity contribution >= 4 is 29.6 Å². The van der Waals surface area contributed by atoms with E-state index in [1.165, 1.54) is 19.3 Å². The summed E-state index contributed by atoms with van der Waals surface area (Å²) < 4.78 is 47.4. The number of ether oxygens (including phenoxy) is 1. The van der Waals surface area contributed by atoms with Crippen LogP contribution in [0.3, 0.4) is 0 Å². The van der Waals surface area contributed by atoms with Gasteiger partial charge in [-0.3, -0.25) is 0 Å². The fourth-order valence-electron chi connectivity index (χ4n) is 3.48. The van der Waals surface area contributed by atoms with E-state index in [2.05, 4.69) is 20.8 Å². The Kier molecular flexibility index (Phi) is 7.05. The monoisotopic (exact) mass is 493 g/mol. The summed E-state index contributed by atoms with van der Waals surface area (Å²) >= 11 is 0. The number of anilines is 2. The number of aromatic nitrogens is 3. The molecule has 0 atom stereocenters. The molecule has 36 heavy (non-hydrogen) atoms. The van der Waals surface area contributed by atoms with Crippen molar-refractivity contribution in [3.63, 3.8) is 0 Å². The number of halogens is 3. The number of carbonyl (C=O) groups is 1. The zero-order valence-corrected chi connectivity index (χ0v) is 19.6. The minimum absolute atomic E-state index is 0.115. The number of nitrogens with zero attached hydrogens (tertiary/aromatic N) is 3. The molecule has 0 unspecified atom stereocenters. The van der Waals surface area contributed by atoms with Gasteiger partial charge in [-0.1, -0.05) is 6.07 Å². The standard InChI is InChI=1S/C26H22F3N5O2/c1-15-4-12-21(36-3)20(14-15)31-26(35)30-18-9-5-17(6-10-18)25-33-32-22(34(25)2)13-8-16-7-11-19(27)24(29)23(16)28/h4-14H,1-3H3,(H2,30,31,35)/b13-8+. The molecular weight excluding hydrogens is 471 g/mol. The van der Waals surface area contributed by atoms with Crippen LogP contribution in [0.4, 0.5) is 29.3 Å². The molecule has 1 aromatic heterocycles. The van der Waals surface area contributed by atoms with E-state index < -0.39 is 23.5 Å². The maximum atomic E-state index is 13.9. The van der Waals surface area contributed by atoms with Crippen LogP contribution in [0, 0.1) is 24.4 Å². The highest BCUT2D eigenvalue weighted by atomic mass is 19.2. The van der Waals surface area contributed by atoms with Crippen molar-refractivity contribution in [1.29, 1.82) is 0 Å². The van der Waals surface area contributed by atoms with E-state index in [9.17, 15) is 18.0 Å². The van der Waals surface area contributed by atoms with Gasteiger partial charge in [0, 0.05) is 23.9 Å². The topological polar surface area (TPSA) is 81.1 Å². The van der Waals surface area contributed by atoms with Crippen molar-refractivity contribution in [2.24, 2.45) is 7.05 Å². The van der Waals surface area contributed by atoms with Crippen LogP contribution in [0.1, 0.15) is 17.0 Å². The highest BCUT2D eigenvalue weighted by molar-refractivity contribution is 6.00. The molecule has 0 aliphatic rings. The summed E-state index contributed by atoms with van der Waals surface area (Å²) in [6, 6.07) is 14.0. The molecule has 0 fully saturated rings. The van der Waals surface area contributed by atoms with Gasteiger partial charge in [0.25, 0.3) is 0 Å². The molecule has 2 amide bonds. The van der Waals surface area contributed by atoms with Crippen LogP contribution in [0.25, 0.3) is 23.5 Å². The van der Waals surface area contributed by atoms with Crippen LogP contribution in [-0.4, -0.2) is 27.9 Å². The van der Waals surface area contributed by atoms with E-state index in [1.807, 2.05) is 19.1 Å². The lowest BCUT2D eigenvalue weighted by Crippen LogP contribution is -2.19. The Morgan fingerprint density at radius 1 is 0.944 bits per heavy atom. The average Bonchev–Trinajstić information content (AvgIpc) is 3.23. The third-order valence-corrected chi connectivity index (χ3v) is 5.39. The molecule has 4 rings (SSSR count). The summed E-state index contributed by atoms with van der Waals surface area (Å²) in [7, 11) is 3.24.